The molecule has 130 valence electrons. The van der Waals surface area contributed by atoms with Crippen molar-refractivity contribution in [2.45, 2.75) is 27.2 Å². The summed E-state index contributed by atoms with van der Waals surface area (Å²) in [7, 11) is 0. The first-order valence-corrected chi connectivity index (χ1v) is 8.15. The first-order chi connectivity index (χ1) is 10.9. The van der Waals surface area contributed by atoms with Crippen LogP contribution in [-0.4, -0.2) is 45.4 Å². The molecule has 0 saturated carbocycles. The van der Waals surface area contributed by atoms with Crippen LogP contribution in [0.4, 0.5) is 0 Å². The number of carbonyl (C=O) groups excluding carboxylic acids is 1. The predicted molar refractivity (Wildman–Crippen MR) is 92.6 cm³/mol. The highest BCUT2D eigenvalue weighted by molar-refractivity contribution is 5.94. The van der Waals surface area contributed by atoms with Crippen molar-refractivity contribution in [3.8, 4) is 0 Å². The molecule has 23 heavy (non-hydrogen) atoms. The summed E-state index contributed by atoms with van der Waals surface area (Å²) in [6, 6.07) is 7.78. The van der Waals surface area contributed by atoms with Crippen LogP contribution in [0, 0.1) is 5.41 Å². The highest BCUT2D eigenvalue weighted by Crippen LogP contribution is 2.20. The number of amides is 1. The summed E-state index contributed by atoms with van der Waals surface area (Å²) < 4.78 is 10.5. The molecule has 0 aliphatic carbocycles. The standard InChI is InChI=1S/C18H30N2O3/c1-18(2,3)14-15-4-6-16(7-5-15)17(21)20-9-11-23-13-12-22-10-8-19/h4-7H,8-14,19H2,1-3H3,(H,20,21). The summed E-state index contributed by atoms with van der Waals surface area (Å²) in [4.78, 5) is 12.0. The average Bonchev–Trinajstić information content (AvgIpc) is 2.49. The fraction of sp³-hybridized carbons (Fsp3) is 0.611. The lowest BCUT2D eigenvalue weighted by molar-refractivity contribution is 0.0511. The zero-order chi connectivity index (χ0) is 17.1. The van der Waals surface area contributed by atoms with Gasteiger partial charge in [0.05, 0.1) is 26.4 Å². The van der Waals surface area contributed by atoms with Gasteiger partial charge in [-0.1, -0.05) is 32.9 Å². The second-order valence-corrected chi connectivity index (χ2v) is 6.70. The molecule has 0 saturated heterocycles. The fourth-order valence-corrected chi connectivity index (χ4v) is 2.13. The maximum Gasteiger partial charge on any atom is 0.251 e. The Balaban J connectivity index is 2.22. The Morgan fingerprint density at radius 2 is 1.65 bits per heavy atom. The summed E-state index contributed by atoms with van der Waals surface area (Å²) in [5.74, 6) is -0.0738. The molecule has 1 rings (SSSR count). The number of ether oxygens (including phenoxy) is 2. The van der Waals surface area contributed by atoms with Gasteiger partial charge in [0.2, 0.25) is 0 Å². The molecular formula is C18H30N2O3. The van der Waals surface area contributed by atoms with Crippen LogP contribution in [0.25, 0.3) is 0 Å². The number of nitrogens with one attached hydrogen (secondary N) is 1. The van der Waals surface area contributed by atoms with Crippen LogP contribution < -0.4 is 11.1 Å². The molecular weight excluding hydrogens is 292 g/mol. The Hall–Kier alpha value is -1.43. The normalized spacial score (nSPS) is 11.5. The molecule has 1 aromatic carbocycles. The highest BCUT2D eigenvalue weighted by Gasteiger charge is 2.11. The van der Waals surface area contributed by atoms with Gasteiger partial charge < -0.3 is 20.5 Å². The van der Waals surface area contributed by atoms with E-state index in [1.807, 2.05) is 24.3 Å². The van der Waals surface area contributed by atoms with E-state index in [1.54, 1.807) is 0 Å². The van der Waals surface area contributed by atoms with E-state index in [9.17, 15) is 4.79 Å². The van der Waals surface area contributed by atoms with E-state index in [4.69, 9.17) is 15.2 Å². The Kier molecular flexibility index (Phi) is 8.84. The SMILES string of the molecule is CC(C)(C)Cc1ccc(C(=O)NCCOCCOCCN)cc1. The number of hydrogen-bond acceptors (Lipinski definition) is 4. The topological polar surface area (TPSA) is 73.6 Å². The van der Waals surface area contributed by atoms with Crippen LogP contribution in [0.2, 0.25) is 0 Å². The third kappa shape index (κ3) is 9.33. The quantitative estimate of drug-likeness (QED) is 0.646. The van der Waals surface area contributed by atoms with Crippen molar-refractivity contribution in [3.63, 3.8) is 0 Å². The first-order valence-electron chi connectivity index (χ1n) is 8.15. The summed E-state index contributed by atoms with van der Waals surface area (Å²) in [5, 5.41) is 2.84. The van der Waals surface area contributed by atoms with Crippen molar-refractivity contribution in [3.05, 3.63) is 35.4 Å². The van der Waals surface area contributed by atoms with Crippen molar-refractivity contribution >= 4 is 5.91 Å². The molecule has 0 spiro atoms. The van der Waals surface area contributed by atoms with Gasteiger partial charge in [0, 0.05) is 18.7 Å². The highest BCUT2D eigenvalue weighted by atomic mass is 16.5. The number of carbonyl (C=O) groups is 1. The summed E-state index contributed by atoms with van der Waals surface area (Å²) >= 11 is 0. The second kappa shape index (κ2) is 10.4. The fourth-order valence-electron chi connectivity index (χ4n) is 2.13. The van der Waals surface area contributed by atoms with Crippen molar-refractivity contribution in [2.75, 3.05) is 39.5 Å². The molecule has 0 bridgehead atoms. The molecule has 0 fully saturated rings. The van der Waals surface area contributed by atoms with Crippen molar-refractivity contribution in [1.29, 1.82) is 0 Å². The summed E-state index contributed by atoms with van der Waals surface area (Å²) in [6.07, 6.45) is 0.995. The van der Waals surface area contributed by atoms with Crippen LogP contribution in [0.1, 0.15) is 36.7 Å². The molecule has 0 aromatic heterocycles. The van der Waals surface area contributed by atoms with Crippen molar-refractivity contribution in [1.82, 2.24) is 5.32 Å². The lowest BCUT2D eigenvalue weighted by Gasteiger charge is -2.18. The molecule has 5 heteroatoms. The number of rotatable bonds is 10. The van der Waals surface area contributed by atoms with E-state index in [-0.39, 0.29) is 11.3 Å². The minimum absolute atomic E-state index is 0.0738. The van der Waals surface area contributed by atoms with E-state index in [1.165, 1.54) is 5.56 Å². The lowest BCUT2D eigenvalue weighted by atomic mass is 9.88. The largest absolute Gasteiger partial charge is 0.378 e. The first kappa shape index (κ1) is 19.6. The maximum atomic E-state index is 12.0. The molecule has 5 nitrogen and oxygen atoms in total. The van der Waals surface area contributed by atoms with Crippen LogP contribution >= 0.6 is 0 Å². The lowest BCUT2D eigenvalue weighted by Crippen LogP contribution is -2.27. The minimum atomic E-state index is -0.0738. The second-order valence-electron chi connectivity index (χ2n) is 6.70. The van der Waals surface area contributed by atoms with Gasteiger partial charge in [-0.15, -0.1) is 0 Å². The van der Waals surface area contributed by atoms with Gasteiger partial charge in [-0.2, -0.15) is 0 Å². The van der Waals surface area contributed by atoms with Gasteiger partial charge in [-0.3, -0.25) is 4.79 Å². The number of nitrogens with two attached hydrogens (primary N) is 1. The molecule has 3 N–H and O–H groups in total. The molecule has 0 unspecified atom stereocenters. The van der Waals surface area contributed by atoms with Gasteiger partial charge in [0.15, 0.2) is 0 Å². The van der Waals surface area contributed by atoms with E-state index in [2.05, 4.69) is 26.1 Å². The Bertz CT molecular complexity index is 452. The van der Waals surface area contributed by atoms with Crippen LogP contribution in [0.5, 0.6) is 0 Å². The van der Waals surface area contributed by atoms with E-state index >= 15 is 0 Å². The minimum Gasteiger partial charge on any atom is -0.378 e. The zero-order valence-electron chi connectivity index (χ0n) is 14.6. The number of hydrogen-bond donors (Lipinski definition) is 2. The molecule has 1 aromatic rings. The van der Waals surface area contributed by atoms with Gasteiger partial charge >= 0.3 is 0 Å². The van der Waals surface area contributed by atoms with E-state index in [0.717, 1.165) is 6.42 Å². The molecule has 0 aliphatic heterocycles. The Morgan fingerprint density at radius 3 is 2.22 bits per heavy atom. The smallest absolute Gasteiger partial charge is 0.251 e. The van der Waals surface area contributed by atoms with Crippen LogP contribution in [-0.2, 0) is 15.9 Å². The number of benzene rings is 1. The van der Waals surface area contributed by atoms with Gasteiger partial charge in [-0.05, 0) is 29.5 Å². The van der Waals surface area contributed by atoms with Gasteiger partial charge in [0.1, 0.15) is 0 Å². The molecule has 0 heterocycles. The third-order valence-electron chi connectivity index (χ3n) is 3.12. The van der Waals surface area contributed by atoms with E-state index in [0.29, 0.717) is 45.1 Å². The van der Waals surface area contributed by atoms with Gasteiger partial charge in [0.25, 0.3) is 5.91 Å². The average molecular weight is 322 g/mol. The monoisotopic (exact) mass is 322 g/mol. The predicted octanol–water partition coefficient (Wildman–Crippen LogP) is 2.00. The van der Waals surface area contributed by atoms with Crippen molar-refractivity contribution < 1.29 is 14.3 Å². The molecule has 1 amide bonds. The van der Waals surface area contributed by atoms with Gasteiger partial charge in [-0.25, -0.2) is 0 Å². The van der Waals surface area contributed by atoms with Crippen LogP contribution in [0.15, 0.2) is 24.3 Å². The Labute approximate surface area is 139 Å². The maximum absolute atomic E-state index is 12.0. The van der Waals surface area contributed by atoms with Crippen molar-refractivity contribution in [2.24, 2.45) is 11.1 Å². The summed E-state index contributed by atoms with van der Waals surface area (Å²) in [6.45, 7) is 9.67. The van der Waals surface area contributed by atoms with Crippen LogP contribution in [0.3, 0.4) is 0 Å². The molecule has 0 aliphatic rings. The van der Waals surface area contributed by atoms with E-state index < -0.39 is 0 Å². The Morgan fingerprint density at radius 1 is 1.04 bits per heavy atom. The third-order valence-corrected chi connectivity index (χ3v) is 3.12. The zero-order valence-corrected chi connectivity index (χ0v) is 14.6. The summed E-state index contributed by atoms with van der Waals surface area (Å²) in [5.41, 5.74) is 7.47. The molecule has 0 atom stereocenters. The molecule has 0 radical (unpaired) electrons.